The minimum absolute atomic E-state index is 0.00525. The van der Waals surface area contributed by atoms with Crippen molar-refractivity contribution in [2.45, 2.75) is 51.7 Å². The number of amides is 2. The first kappa shape index (κ1) is 21.9. The maximum Gasteiger partial charge on any atom is 0.250 e. The maximum atomic E-state index is 13.1. The fraction of sp³-hybridized carbons (Fsp3) is 0.565. The Morgan fingerprint density at radius 1 is 1.21 bits per heavy atom. The van der Waals surface area contributed by atoms with Gasteiger partial charge in [-0.15, -0.1) is 11.8 Å². The van der Waals surface area contributed by atoms with Gasteiger partial charge in [-0.1, -0.05) is 43.3 Å². The summed E-state index contributed by atoms with van der Waals surface area (Å²) < 4.78 is 6.04. The van der Waals surface area contributed by atoms with Gasteiger partial charge in [-0.25, -0.2) is 0 Å². The molecule has 29 heavy (non-hydrogen) atoms. The van der Waals surface area contributed by atoms with E-state index in [1.807, 2.05) is 43.0 Å². The van der Waals surface area contributed by atoms with Crippen molar-refractivity contribution in [3.8, 4) is 0 Å². The highest BCUT2D eigenvalue weighted by atomic mass is 32.2. The molecular weight excluding hydrogens is 384 g/mol. The van der Waals surface area contributed by atoms with Crippen molar-refractivity contribution < 1.29 is 14.3 Å². The number of hydrogen-bond donors (Lipinski definition) is 0. The van der Waals surface area contributed by atoms with Gasteiger partial charge in [0.05, 0.1) is 18.6 Å². The van der Waals surface area contributed by atoms with Crippen molar-refractivity contribution in [1.82, 2.24) is 9.80 Å². The molecule has 158 valence electrons. The molecule has 2 aliphatic rings. The topological polar surface area (TPSA) is 49.9 Å². The van der Waals surface area contributed by atoms with Gasteiger partial charge < -0.3 is 14.5 Å². The number of carbonyl (C=O) groups excluding carboxylic acids is 2. The Labute approximate surface area is 178 Å². The summed E-state index contributed by atoms with van der Waals surface area (Å²) in [7, 11) is 0. The number of rotatable bonds is 7. The van der Waals surface area contributed by atoms with E-state index in [9.17, 15) is 9.59 Å². The normalized spacial score (nSPS) is 20.9. The Balaban J connectivity index is 1.45. The van der Waals surface area contributed by atoms with Crippen molar-refractivity contribution in [3.63, 3.8) is 0 Å². The van der Waals surface area contributed by atoms with Crippen LogP contribution in [0, 0.1) is 0 Å². The Kier molecular flexibility index (Phi) is 8.19. The molecule has 6 heteroatoms. The number of likely N-dealkylation sites (tertiary alicyclic amines) is 1. The van der Waals surface area contributed by atoms with E-state index in [-0.39, 0.29) is 24.0 Å². The first-order chi connectivity index (χ1) is 14.1. The van der Waals surface area contributed by atoms with Gasteiger partial charge >= 0.3 is 0 Å². The van der Waals surface area contributed by atoms with E-state index in [1.54, 1.807) is 16.7 Å². The molecule has 2 aliphatic heterocycles. The molecule has 0 radical (unpaired) electrons. The van der Waals surface area contributed by atoms with Gasteiger partial charge in [0, 0.05) is 24.4 Å². The van der Waals surface area contributed by atoms with Gasteiger partial charge in [0.15, 0.2) is 0 Å². The molecule has 1 atom stereocenters. The lowest BCUT2D eigenvalue weighted by atomic mass is 10.1. The first-order valence-corrected chi connectivity index (χ1v) is 11.8. The Bertz CT molecular complexity index is 714. The largest absolute Gasteiger partial charge is 0.378 e. The van der Waals surface area contributed by atoms with E-state index in [0.717, 1.165) is 31.3 Å². The van der Waals surface area contributed by atoms with E-state index in [0.29, 0.717) is 31.3 Å². The summed E-state index contributed by atoms with van der Waals surface area (Å²) in [4.78, 5) is 29.4. The first-order valence-electron chi connectivity index (χ1n) is 10.6. The summed E-state index contributed by atoms with van der Waals surface area (Å²) in [5, 5.41) is 0. The quantitative estimate of drug-likeness (QED) is 0.639. The van der Waals surface area contributed by atoms with Crippen molar-refractivity contribution in [2.24, 2.45) is 0 Å². The number of ether oxygens (including phenoxy) is 1. The Morgan fingerprint density at radius 2 is 1.93 bits per heavy atom. The molecule has 0 saturated carbocycles. The van der Waals surface area contributed by atoms with Crippen LogP contribution < -0.4 is 0 Å². The molecular formula is C23H32N2O3S. The highest BCUT2D eigenvalue weighted by Crippen LogP contribution is 2.26. The van der Waals surface area contributed by atoms with Gasteiger partial charge in [-0.3, -0.25) is 9.59 Å². The summed E-state index contributed by atoms with van der Waals surface area (Å²) in [6.45, 7) is 6.00. The highest BCUT2D eigenvalue weighted by molar-refractivity contribution is 7.99. The summed E-state index contributed by atoms with van der Waals surface area (Å²) in [6.07, 6.45) is 5.63. The summed E-state index contributed by atoms with van der Waals surface area (Å²) in [5.41, 5.74) is 2.02. The predicted octanol–water partition coefficient (Wildman–Crippen LogP) is 3.49. The van der Waals surface area contributed by atoms with Gasteiger partial charge in [0.1, 0.15) is 6.04 Å². The van der Waals surface area contributed by atoms with Crippen molar-refractivity contribution >= 4 is 23.6 Å². The van der Waals surface area contributed by atoms with Crippen LogP contribution in [-0.2, 0) is 20.7 Å². The maximum absolute atomic E-state index is 13.1. The lowest BCUT2D eigenvalue weighted by molar-refractivity contribution is -0.143. The van der Waals surface area contributed by atoms with Crippen molar-refractivity contribution in [1.29, 1.82) is 0 Å². The SMILES string of the molecule is CC/C=C(/C)C(=O)N1CSCC1C(=O)N1CCC(OCCc2ccccc2)CC1. The second-order valence-corrected chi connectivity index (χ2v) is 8.72. The minimum Gasteiger partial charge on any atom is -0.378 e. The molecule has 0 spiro atoms. The van der Waals surface area contributed by atoms with Gasteiger partial charge in [-0.05, 0) is 38.2 Å². The zero-order valence-corrected chi connectivity index (χ0v) is 18.3. The third-order valence-electron chi connectivity index (χ3n) is 5.62. The molecule has 0 aromatic heterocycles. The van der Waals surface area contributed by atoms with Crippen molar-refractivity contribution in [3.05, 3.63) is 47.5 Å². The number of piperidine rings is 1. The molecule has 1 aromatic carbocycles. The van der Waals surface area contributed by atoms with Crippen LogP contribution in [0.15, 0.2) is 42.0 Å². The van der Waals surface area contributed by atoms with Crippen LogP contribution >= 0.6 is 11.8 Å². The average Bonchev–Trinajstić information content (AvgIpc) is 3.24. The molecule has 3 rings (SSSR count). The number of hydrogen-bond acceptors (Lipinski definition) is 4. The van der Waals surface area contributed by atoms with E-state index >= 15 is 0 Å². The van der Waals surface area contributed by atoms with E-state index in [1.165, 1.54) is 5.56 Å². The second-order valence-electron chi connectivity index (χ2n) is 7.72. The summed E-state index contributed by atoms with van der Waals surface area (Å²) >= 11 is 1.66. The number of nitrogens with zero attached hydrogens (tertiary/aromatic N) is 2. The van der Waals surface area contributed by atoms with Crippen LogP contribution in [0.1, 0.15) is 38.7 Å². The minimum atomic E-state index is -0.330. The van der Waals surface area contributed by atoms with E-state index in [2.05, 4.69) is 12.1 Å². The molecule has 2 heterocycles. The van der Waals surface area contributed by atoms with Crippen LogP contribution in [0.25, 0.3) is 0 Å². The molecule has 0 aliphatic carbocycles. The number of carbonyl (C=O) groups is 2. The number of benzene rings is 1. The Morgan fingerprint density at radius 3 is 2.62 bits per heavy atom. The fourth-order valence-electron chi connectivity index (χ4n) is 3.91. The molecule has 2 fully saturated rings. The van der Waals surface area contributed by atoms with Crippen LogP contribution in [0.4, 0.5) is 0 Å². The zero-order chi connectivity index (χ0) is 20.6. The molecule has 1 aromatic rings. The van der Waals surface area contributed by atoms with Crippen LogP contribution in [0.5, 0.6) is 0 Å². The fourth-order valence-corrected chi connectivity index (χ4v) is 5.05. The molecule has 2 amide bonds. The highest BCUT2D eigenvalue weighted by Gasteiger charge is 2.38. The number of allylic oxidation sites excluding steroid dienone is 1. The summed E-state index contributed by atoms with van der Waals surface area (Å²) in [6, 6.07) is 10.0. The smallest absolute Gasteiger partial charge is 0.250 e. The van der Waals surface area contributed by atoms with Gasteiger partial charge in [0.25, 0.3) is 5.91 Å². The second kappa shape index (κ2) is 10.8. The molecule has 0 N–H and O–H groups in total. The van der Waals surface area contributed by atoms with Gasteiger partial charge in [0.2, 0.25) is 5.91 Å². The standard InChI is InChI=1S/C23H32N2O3S/c1-3-7-18(2)22(26)25-17-29-16-21(25)23(27)24-13-10-20(11-14-24)28-15-12-19-8-5-4-6-9-19/h4-9,20-21H,3,10-17H2,1-2H3/b18-7-. The molecule has 2 saturated heterocycles. The molecule has 1 unspecified atom stereocenters. The third kappa shape index (κ3) is 5.86. The lowest BCUT2D eigenvalue weighted by Gasteiger charge is -2.35. The van der Waals surface area contributed by atoms with Crippen LogP contribution in [0.3, 0.4) is 0 Å². The Hall–Kier alpha value is -1.79. The average molecular weight is 417 g/mol. The monoisotopic (exact) mass is 416 g/mol. The lowest BCUT2D eigenvalue weighted by Crippen LogP contribution is -2.51. The summed E-state index contributed by atoms with van der Waals surface area (Å²) in [5.74, 6) is 1.38. The van der Waals surface area contributed by atoms with Crippen LogP contribution in [-0.4, -0.2) is 65.1 Å². The molecule has 5 nitrogen and oxygen atoms in total. The number of thioether (sulfide) groups is 1. The third-order valence-corrected chi connectivity index (χ3v) is 6.63. The zero-order valence-electron chi connectivity index (χ0n) is 17.5. The van der Waals surface area contributed by atoms with Crippen LogP contribution in [0.2, 0.25) is 0 Å². The molecule has 0 bridgehead atoms. The van der Waals surface area contributed by atoms with E-state index < -0.39 is 0 Å². The predicted molar refractivity (Wildman–Crippen MR) is 118 cm³/mol. The van der Waals surface area contributed by atoms with Gasteiger partial charge in [-0.2, -0.15) is 0 Å². The van der Waals surface area contributed by atoms with E-state index in [4.69, 9.17) is 4.74 Å². The van der Waals surface area contributed by atoms with Crippen molar-refractivity contribution in [2.75, 3.05) is 31.3 Å².